The highest BCUT2D eigenvalue weighted by atomic mass is 32.1. The van der Waals surface area contributed by atoms with Gasteiger partial charge in [0.25, 0.3) is 0 Å². The van der Waals surface area contributed by atoms with Crippen LogP contribution in [0.25, 0.3) is 11.0 Å². The summed E-state index contributed by atoms with van der Waals surface area (Å²) >= 11 is 4.84. The lowest BCUT2D eigenvalue weighted by atomic mass is 9.99. The topological polar surface area (TPSA) is 76.0 Å². The largest absolute Gasteiger partial charge is 0.493 e. The van der Waals surface area contributed by atoms with E-state index in [4.69, 9.17) is 27.7 Å². The Morgan fingerprint density at radius 2 is 2.38 bits per heavy atom. The monoisotopic (exact) mass is 304 g/mol. The van der Waals surface area contributed by atoms with Crippen LogP contribution in [0.2, 0.25) is 0 Å². The van der Waals surface area contributed by atoms with Gasteiger partial charge < -0.3 is 20.8 Å². The van der Waals surface area contributed by atoms with Gasteiger partial charge in [-0.15, -0.1) is 0 Å². The molecule has 1 atom stereocenters. The highest BCUT2D eigenvalue weighted by molar-refractivity contribution is 7.80. The quantitative estimate of drug-likeness (QED) is 0.737. The van der Waals surface area contributed by atoms with Crippen molar-refractivity contribution in [3.8, 4) is 5.75 Å². The number of H-pyrrole nitrogens is 1. The molecule has 0 radical (unpaired) electrons. The maximum Gasteiger partial charge on any atom is 0.121 e. The normalized spacial score (nSPS) is 18.8. The number of piperidine rings is 1. The van der Waals surface area contributed by atoms with Gasteiger partial charge in [-0.1, -0.05) is 12.2 Å². The molecule has 0 amide bonds. The lowest BCUT2D eigenvalue weighted by molar-refractivity contribution is 0.330. The first-order chi connectivity index (χ1) is 10.2. The van der Waals surface area contributed by atoms with Crippen molar-refractivity contribution in [2.45, 2.75) is 25.2 Å². The number of nitrogens with zero attached hydrogens (tertiary/aromatic N) is 1. The minimum absolute atomic E-state index is 0.477. The summed E-state index contributed by atoms with van der Waals surface area (Å²) in [6.45, 7) is 2.61. The molecule has 6 heteroatoms. The zero-order valence-electron chi connectivity index (χ0n) is 11.9. The standard InChI is InChI=1S/C15H20N4OS/c16-14(21)5-7-20-11-3-4-12-13(8-11)19-15(18-12)10-2-1-6-17-9-10/h3-4,8,10,17H,1-2,5-7,9H2,(H2,16,21)(H,18,19). The second kappa shape index (κ2) is 6.41. The van der Waals surface area contributed by atoms with Crippen molar-refractivity contribution in [1.29, 1.82) is 0 Å². The van der Waals surface area contributed by atoms with Gasteiger partial charge in [-0.2, -0.15) is 0 Å². The van der Waals surface area contributed by atoms with Crippen LogP contribution in [-0.4, -0.2) is 34.7 Å². The molecule has 112 valence electrons. The van der Waals surface area contributed by atoms with Crippen molar-refractivity contribution in [2.75, 3.05) is 19.7 Å². The molecule has 1 unspecified atom stereocenters. The Morgan fingerprint density at radius 3 is 3.14 bits per heavy atom. The van der Waals surface area contributed by atoms with Crippen molar-refractivity contribution in [1.82, 2.24) is 15.3 Å². The zero-order valence-corrected chi connectivity index (χ0v) is 12.7. The summed E-state index contributed by atoms with van der Waals surface area (Å²) in [5, 5.41) is 3.42. The van der Waals surface area contributed by atoms with Crippen molar-refractivity contribution in [3.63, 3.8) is 0 Å². The fourth-order valence-corrected chi connectivity index (χ4v) is 2.73. The Bertz CT molecular complexity index is 634. The third kappa shape index (κ3) is 3.51. The van der Waals surface area contributed by atoms with Crippen LogP contribution >= 0.6 is 12.2 Å². The lowest BCUT2D eigenvalue weighted by Crippen LogP contribution is -2.28. The van der Waals surface area contributed by atoms with E-state index >= 15 is 0 Å². The minimum atomic E-state index is 0.477. The summed E-state index contributed by atoms with van der Waals surface area (Å²) in [4.78, 5) is 8.59. The molecule has 2 heterocycles. The number of thiocarbonyl (C=S) groups is 1. The van der Waals surface area contributed by atoms with Crippen molar-refractivity contribution < 1.29 is 4.74 Å². The lowest BCUT2D eigenvalue weighted by Gasteiger charge is -2.20. The van der Waals surface area contributed by atoms with Gasteiger partial charge >= 0.3 is 0 Å². The molecule has 1 aromatic heterocycles. The first-order valence-corrected chi connectivity index (χ1v) is 7.74. The van der Waals surface area contributed by atoms with Crippen molar-refractivity contribution >= 4 is 28.2 Å². The van der Waals surface area contributed by atoms with Crippen molar-refractivity contribution in [2.24, 2.45) is 5.73 Å². The summed E-state index contributed by atoms with van der Waals surface area (Å²) in [6, 6.07) is 5.91. The molecule has 0 aliphatic carbocycles. The minimum Gasteiger partial charge on any atom is -0.493 e. The third-order valence-corrected chi connectivity index (χ3v) is 3.98. The molecule has 5 nitrogen and oxygen atoms in total. The number of benzene rings is 1. The predicted molar refractivity (Wildman–Crippen MR) is 87.8 cm³/mol. The first-order valence-electron chi connectivity index (χ1n) is 7.34. The van der Waals surface area contributed by atoms with E-state index in [-0.39, 0.29) is 0 Å². The number of ether oxygens (including phenoxy) is 1. The second-order valence-corrected chi connectivity index (χ2v) is 5.93. The van der Waals surface area contributed by atoms with Gasteiger partial charge in [0.15, 0.2) is 0 Å². The number of hydrogen-bond acceptors (Lipinski definition) is 4. The second-order valence-electron chi connectivity index (χ2n) is 5.41. The van der Waals surface area contributed by atoms with E-state index in [1.165, 1.54) is 12.8 Å². The molecule has 1 aliphatic rings. The van der Waals surface area contributed by atoms with Crippen LogP contribution in [0, 0.1) is 0 Å². The molecular formula is C15H20N4OS. The van der Waals surface area contributed by atoms with Crippen LogP contribution in [0.4, 0.5) is 0 Å². The molecule has 0 saturated carbocycles. The van der Waals surface area contributed by atoms with Gasteiger partial charge in [-0.25, -0.2) is 4.98 Å². The molecule has 1 aliphatic heterocycles. The predicted octanol–water partition coefficient (Wildman–Crippen LogP) is 2.08. The van der Waals surface area contributed by atoms with Gasteiger partial charge in [0, 0.05) is 24.9 Å². The van der Waals surface area contributed by atoms with E-state index in [0.29, 0.717) is 23.9 Å². The summed E-state index contributed by atoms with van der Waals surface area (Å²) in [5.41, 5.74) is 7.46. The average Bonchev–Trinajstić information content (AvgIpc) is 2.91. The average molecular weight is 304 g/mol. The van der Waals surface area contributed by atoms with E-state index < -0.39 is 0 Å². The first kappa shape index (κ1) is 14.3. The van der Waals surface area contributed by atoms with Crippen LogP contribution < -0.4 is 15.8 Å². The fraction of sp³-hybridized carbons (Fsp3) is 0.467. The molecule has 1 fully saturated rings. The zero-order chi connectivity index (χ0) is 14.7. The molecule has 1 aromatic carbocycles. The Hall–Kier alpha value is -1.66. The van der Waals surface area contributed by atoms with E-state index in [1.807, 2.05) is 18.2 Å². The van der Waals surface area contributed by atoms with Crippen LogP contribution in [0.1, 0.15) is 31.0 Å². The molecule has 3 rings (SSSR count). The summed E-state index contributed by atoms with van der Waals surface area (Å²) in [7, 11) is 0. The van der Waals surface area contributed by atoms with Crippen molar-refractivity contribution in [3.05, 3.63) is 24.0 Å². The van der Waals surface area contributed by atoms with Gasteiger partial charge in [-0.3, -0.25) is 0 Å². The van der Waals surface area contributed by atoms with Gasteiger partial charge in [0.1, 0.15) is 11.6 Å². The maximum atomic E-state index is 5.65. The molecule has 0 bridgehead atoms. The van der Waals surface area contributed by atoms with E-state index in [1.54, 1.807) is 0 Å². The number of nitrogens with two attached hydrogens (primary N) is 1. The van der Waals surface area contributed by atoms with Crippen LogP contribution in [0.15, 0.2) is 18.2 Å². The Balaban J connectivity index is 1.73. The molecule has 1 saturated heterocycles. The van der Waals surface area contributed by atoms with Crippen LogP contribution in [-0.2, 0) is 0 Å². The highest BCUT2D eigenvalue weighted by Gasteiger charge is 2.18. The number of imidazole rings is 1. The number of fused-ring (bicyclic) bond motifs is 1. The van der Waals surface area contributed by atoms with E-state index in [2.05, 4.69) is 10.3 Å². The highest BCUT2D eigenvalue weighted by Crippen LogP contribution is 2.25. The molecular weight excluding hydrogens is 284 g/mol. The fourth-order valence-electron chi connectivity index (χ4n) is 2.65. The molecule has 0 spiro atoms. The van der Waals surface area contributed by atoms with E-state index in [9.17, 15) is 0 Å². The van der Waals surface area contributed by atoms with Gasteiger partial charge in [0.05, 0.1) is 22.6 Å². The molecule has 21 heavy (non-hydrogen) atoms. The number of rotatable bonds is 5. The SMILES string of the molecule is NC(=S)CCOc1ccc2nc(C3CCCNC3)[nH]c2c1. The third-order valence-electron chi connectivity index (χ3n) is 3.77. The summed E-state index contributed by atoms with van der Waals surface area (Å²) < 4.78 is 5.65. The van der Waals surface area contributed by atoms with Crippen LogP contribution in [0.5, 0.6) is 5.75 Å². The Kier molecular flexibility index (Phi) is 4.36. The maximum absolute atomic E-state index is 5.65. The Labute approximate surface area is 129 Å². The number of aromatic nitrogens is 2. The number of nitrogens with one attached hydrogen (secondary N) is 2. The van der Waals surface area contributed by atoms with Crippen LogP contribution in [0.3, 0.4) is 0 Å². The summed E-state index contributed by atoms with van der Waals surface area (Å²) in [6.07, 6.45) is 2.98. The Morgan fingerprint density at radius 1 is 1.48 bits per heavy atom. The van der Waals surface area contributed by atoms with E-state index in [0.717, 1.165) is 35.7 Å². The number of aromatic amines is 1. The molecule has 2 aromatic rings. The van der Waals surface area contributed by atoms with Gasteiger partial charge in [0.2, 0.25) is 0 Å². The van der Waals surface area contributed by atoms with Gasteiger partial charge in [-0.05, 0) is 31.5 Å². The molecule has 4 N–H and O–H groups in total. The smallest absolute Gasteiger partial charge is 0.121 e. The number of hydrogen-bond donors (Lipinski definition) is 3. The summed E-state index contributed by atoms with van der Waals surface area (Å²) in [5.74, 6) is 2.36.